The molecule has 3 heterocycles. The van der Waals surface area contributed by atoms with E-state index in [1.54, 1.807) is 37.2 Å². The Balaban J connectivity index is 1.59. The number of hydrogen-bond donors (Lipinski definition) is 0. The molecule has 0 fully saturated rings. The van der Waals surface area contributed by atoms with Gasteiger partial charge in [0.2, 0.25) is 0 Å². The number of aromatic nitrogens is 2. The molecule has 1 amide bonds. The smallest absolute Gasteiger partial charge is 0.257 e. The largest absolute Gasteiger partial charge is 0.493 e. The van der Waals surface area contributed by atoms with E-state index in [4.69, 9.17) is 14.7 Å². The molecular weight excluding hydrogens is 380 g/mol. The fourth-order valence-corrected chi connectivity index (χ4v) is 4.48. The van der Waals surface area contributed by atoms with Crippen LogP contribution in [0.25, 0.3) is 5.69 Å². The van der Waals surface area contributed by atoms with Gasteiger partial charge in [-0.1, -0.05) is 0 Å². The molecule has 0 saturated heterocycles. The van der Waals surface area contributed by atoms with Gasteiger partial charge in [0.25, 0.3) is 5.91 Å². The number of nitriles is 1. The van der Waals surface area contributed by atoms with Crippen LogP contribution in [-0.4, -0.2) is 41.4 Å². The Morgan fingerprint density at radius 3 is 2.57 bits per heavy atom. The molecule has 7 heteroatoms. The third kappa shape index (κ3) is 2.65. The highest BCUT2D eigenvalue weighted by Gasteiger charge is 2.39. The highest BCUT2D eigenvalue weighted by Crippen LogP contribution is 2.42. The number of hydrogen-bond acceptors (Lipinski definition) is 5. The van der Waals surface area contributed by atoms with Gasteiger partial charge in [0.1, 0.15) is 0 Å². The quantitative estimate of drug-likeness (QED) is 0.675. The van der Waals surface area contributed by atoms with E-state index in [1.807, 2.05) is 29.2 Å². The van der Waals surface area contributed by atoms with Crippen LogP contribution in [0.15, 0.2) is 42.6 Å². The van der Waals surface area contributed by atoms with E-state index in [1.165, 1.54) is 5.56 Å². The maximum atomic E-state index is 13.3. The molecule has 5 rings (SSSR count). The van der Waals surface area contributed by atoms with E-state index in [9.17, 15) is 4.79 Å². The van der Waals surface area contributed by atoms with Gasteiger partial charge < -0.3 is 14.4 Å². The summed E-state index contributed by atoms with van der Waals surface area (Å²) in [6.45, 7) is 0.660. The molecule has 2 aliphatic heterocycles. The molecule has 150 valence electrons. The number of nitrogens with zero attached hydrogens (tertiary/aromatic N) is 4. The van der Waals surface area contributed by atoms with Crippen LogP contribution in [0, 0.1) is 11.3 Å². The van der Waals surface area contributed by atoms with Crippen LogP contribution in [0.4, 0.5) is 0 Å². The topological polar surface area (TPSA) is 80.4 Å². The first-order valence-corrected chi connectivity index (χ1v) is 9.77. The minimum absolute atomic E-state index is 0.00146. The fraction of sp³-hybridized carbons (Fsp3) is 0.261. The van der Waals surface area contributed by atoms with E-state index in [-0.39, 0.29) is 11.9 Å². The molecule has 2 aliphatic rings. The van der Waals surface area contributed by atoms with Crippen LogP contribution < -0.4 is 9.47 Å². The van der Waals surface area contributed by atoms with Gasteiger partial charge in [0, 0.05) is 13.0 Å². The number of methoxy groups -OCH3 is 2. The molecule has 3 aromatic rings. The predicted octanol–water partition coefficient (Wildman–Crippen LogP) is 3.06. The second kappa shape index (κ2) is 6.92. The van der Waals surface area contributed by atoms with Gasteiger partial charge in [-0.2, -0.15) is 10.4 Å². The molecule has 1 atom stereocenters. The first kappa shape index (κ1) is 18.3. The molecule has 0 saturated carbocycles. The van der Waals surface area contributed by atoms with E-state index in [0.29, 0.717) is 35.6 Å². The minimum atomic E-state index is -0.0811. The van der Waals surface area contributed by atoms with Gasteiger partial charge in [-0.25, -0.2) is 4.68 Å². The standard InChI is InChI=1S/C23H20N4O3/c1-29-21-9-15-7-8-26-19(17(15)10-22(21)30-2)11-20-18(23(26)28)13-25-27(20)16-5-3-14(12-24)4-6-16/h3-6,9-10,13,19H,7-8,11H2,1-2H3. The maximum absolute atomic E-state index is 13.3. The lowest BCUT2D eigenvalue weighted by molar-refractivity contribution is 0.0629. The summed E-state index contributed by atoms with van der Waals surface area (Å²) in [7, 11) is 3.25. The lowest BCUT2D eigenvalue weighted by Crippen LogP contribution is -2.44. The van der Waals surface area contributed by atoms with E-state index >= 15 is 0 Å². The zero-order valence-corrected chi connectivity index (χ0v) is 16.8. The third-order valence-corrected chi connectivity index (χ3v) is 5.99. The number of rotatable bonds is 3. The number of carbonyl (C=O) groups is 1. The van der Waals surface area contributed by atoms with E-state index in [2.05, 4.69) is 11.2 Å². The van der Waals surface area contributed by atoms with Crippen LogP contribution in [-0.2, 0) is 12.8 Å². The number of carbonyl (C=O) groups excluding carboxylic acids is 1. The van der Waals surface area contributed by atoms with Crippen molar-refractivity contribution in [1.29, 1.82) is 5.26 Å². The van der Waals surface area contributed by atoms with Gasteiger partial charge in [-0.3, -0.25) is 4.79 Å². The Morgan fingerprint density at radius 1 is 1.13 bits per heavy atom. The highest BCUT2D eigenvalue weighted by molar-refractivity contribution is 5.97. The summed E-state index contributed by atoms with van der Waals surface area (Å²) >= 11 is 0. The maximum Gasteiger partial charge on any atom is 0.257 e. The van der Waals surface area contributed by atoms with Crippen molar-refractivity contribution >= 4 is 5.91 Å². The van der Waals surface area contributed by atoms with Crippen LogP contribution in [0.5, 0.6) is 11.5 Å². The zero-order valence-electron chi connectivity index (χ0n) is 16.8. The second-order valence-electron chi connectivity index (χ2n) is 7.45. The van der Waals surface area contributed by atoms with Crippen molar-refractivity contribution < 1.29 is 14.3 Å². The summed E-state index contributed by atoms with van der Waals surface area (Å²) < 4.78 is 12.8. The number of fused-ring (bicyclic) bond motifs is 4. The Hall–Kier alpha value is -3.79. The average molecular weight is 400 g/mol. The van der Waals surface area contributed by atoms with Crippen LogP contribution >= 0.6 is 0 Å². The Kier molecular flexibility index (Phi) is 4.21. The summed E-state index contributed by atoms with van der Waals surface area (Å²) in [6.07, 6.45) is 3.08. The SMILES string of the molecule is COc1cc2c(cc1OC)C1Cc3c(cnn3-c3ccc(C#N)cc3)C(=O)N1CC2. The average Bonchev–Trinajstić information content (AvgIpc) is 3.22. The van der Waals surface area contributed by atoms with Crippen LogP contribution in [0.3, 0.4) is 0 Å². The summed E-state index contributed by atoms with van der Waals surface area (Å²) in [5.41, 5.74) is 5.21. The predicted molar refractivity (Wildman–Crippen MR) is 109 cm³/mol. The molecule has 0 N–H and O–H groups in total. The Labute approximate surface area is 174 Å². The molecule has 1 unspecified atom stereocenters. The molecule has 7 nitrogen and oxygen atoms in total. The molecule has 0 bridgehead atoms. The third-order valence-electron chi connectivity index (χ3n) is 5.99. The summed E-state index contributed by atoms with van der Waals surface area (Å²) in [4.78, 5) is 15.2. The lowest BCUT2D eigenvalue weighted by atomic mass is 9.85. The van der Waals surface area contributed by atoms with Gasteiger partial charge in [0.05, 0.1) is 55.0 Å². The van der Waals surface area contributed by atoms with Gasteiger partial charge in [-0.15, -0.1) is 0 Å². The zero-order chi connectivity index (χ0) is 20.8. The van der Waals surface area contributed by atoms with Crippen molar-refractivity contribution in [2.24, 2.45) is 0 Å². The second-order valence-corrected chi connectivity index (χ2v) is 7.45. The van der Waals surface area contributed by atoms with Crippen LogP contribution in [0.1, 0.15) is 38.8 Å². The molecule has 2 aromatic carbocycles. The van der Waals surface area contributed by atoms with Crippen LogP contribution in [0.2, 0.25) is 0 Å². The first-order valence-electron chi connectivity index (χ1n) is 9.77. The van der Waals surface area contributed by atoms with Crippen molar-refractivity contribution in [2.75, 3.05) is 20.8 Å². The molecule has 1 aromatic heterocycles. The highest BCUT2D eigenvalue weighted by atomic mass is 16.5. The van der Waals surface area contributed by atoms with Crippen molar-refractivity contribution in [3.05, 3.63) is 70.5 Å². The van der Waals surface area contributed by atoms with Gasteiger partial charge in [0.15, 0.2) is 11.5 Å². The summed E-state index contributed by atoms with van der Waals surface area (Å²) in [5.74, 6) is 1.37. The molecule has 0 aliphatic carbocycles. The van der Waals surface area contributed by atoms with Crippen molar-refractivity contribution in [1.82, 2.24) is 14.7 Å². The summed E-state index contributed by atoms with van der Waals surface area (Å²) in [6, 6.07) is 13.3. The van der Waals surface area contributed by atoms with E-state index < -0.39 is 0 Å². The molecule has 30 heavy (non-hydrogen) atoms. The van der Waals surface area contributed by atoms with Crippen molar-refractivity contribution in [3.8, 4) is 23.3 Å². The molecule has 0 spiro atoms. The van der Waals surface area contributed by atoms with Gasteiger partial charge >= 0.3 is 0 Å². The summed E-state index contributed by atoms with van der Waals surface area (Å²) in [5, 5.41) is 13.5. The molecular formula is C23H20N4O3. The lowest BCUT2D eigenvalue weighted by Gasteiger charge is -2.40. The first-order chi connectivity index (χ1) is 14.6. The minimum Gasteiger partial charge on any atom is -0.493 e. The number of benzene rings is 2. The fourth-order valence-electron chi connectivity index (χ4n) is 4.48. The molecule has 0 radical (unpaired) electrons. The van der Waals surface area contributed by atoms with Crippen molar-refractivity contribution in [2.45, 2.75) is 18.9 Å². The Bertz CT molecular complexity index is 1190. The normalized spacial score (nSPS) is 16.9. The van der Waals surface area contributed by atoms with Gasteiger partial charge in [-0.05, 0) is 53.9 Å². The number of ether oxygens (including phenoxy) is 2. The Morgan fingerprint density at radius 2 is 1.87 bits per heavy atom. The monoisotopic (exact) mass is 400 g/mol. The number of amides is 1. The van der Waals surface area contributed by atoms with E-state index in [0.717, 1.165) is 23.4 Å². The van der Waals surface area contributed by atoms with Crippen molar-refractivity contribution in [3.63, 3.8) is 0 Å².